The van der Waals surface area contributed by atoms with Crippen LogP contribution in [0.4, 0.5) is 0 Å². The number of methoxy groups -OCH3 is 1. The molecule has 0 aliphatic rings. The highest BCUT2D eigenvalue weighted by molar-refractivity contribution is 7.92. The molecule has 0 saturated carbocycles. The van der Waals surface area contributed by atoms with Crippen LogP contribution in [0.15, 0.2) is 0 Å². The lowest BCUT2D eigenvalue weighted by Gasteiger charge is -2.11. The van der Waals surface area contributed by atoms with Gasteiger partial charge in [0.2, 0.25) is 5.91 Å². The minimum Gasteiger partial charge on any atom is -0.469 e. The van der Waals surface area contributed by atoms with E-state index in [-0.39, 0.29) is 11.7 Å². The molecule has 1 N–H and O–H groups in total. The van der Waals surface area contributed by atoms with E-state index in [1.165, 1.54) is 14.0 Å². The van der Waals surface area contributed by atoms with Crippen molar-refractivity contribution >= 4 is 21.7 Å². The molecule has 0 aliphatic heterocycles. The lowest BCUT2D eigenvalue weighted by atomic mass is 10.2. The van der Waals surface area contributed by atoms with Gasteiger partial charge in [-0.25, -0.2) is 8.42 Å². The Morgan fingerprint density at radius 3 is 2.22 bits per heavy atom. The van der Waals surface area contributed by atoms with Crippen molar-refractivity contribution in [1.82, 2.24) is 5.32 Å². The number of nitrogens with one attached hydrogen (secondary N) is 1. The quantitative estimate of drug-likeness (QED) is 0.662. The maximum Gasteiger partial charge on any atom is 0.309 e. The van der Waals surface area contributed by atoms with Gasteiger partial charge in [-0.15, -0.1) is 0 Å². The molecule has 18 heavy (non-hydrogen) atoms. The molecule has 7 heteroatoms. The van der Waals surface area contributed by atoms with Gasteiger partial charge in [0, 0.05) is 6.54 Å². The molecule has 0 radical (unpaired) electrons. The second-order valence-corrected chi connectivity index (χ2v) is 6.79. The van der Waals surface area contributed by atoms with Crippen LogP contribution in [0.2, 0.25) is 0 Å². The SMILES string of the molecule is COC(=O)C(C)CS(=O)(=O)CC(=O)NCC(C)C. The number of rotatable bonds is 7. The van der Waals surface area contributed by atoms with E-state index >= 15 is 0 Å². The average Bonchev–Trinajstić information content (AvgIpc) is 2.23. The van der Waals surface area contributed by atoms with E-state index in [2.05, 4.69) is 10.1 Å². The maximum atomic E-state index is 11.6. The minimum absolute atomic E-state index is 0.255. The van der Waals surface area contributed by atoms with Crippen molar-refractivity contribution in [1.29, 1.82) is 0 Å². The molecular weight excluding hydrogens is 258 g/mol. The van der Waals surface area contributed by atoms with Crippen molar-refractivity contribution in [2.45, 2.75) is 20.8 Å². The zero-order valence-corrected chi connectivity index (χ0v) is 12.0. The van der Waals surface area contributed by atoms with Gasteiger partial charge in [0.1, 0.15) is 5.75 Å². The Morgan fingerprint density at radius 1 is 1.22 bits per heavy atom. The molecule has 0 aromatic rings. The van der Waals surface area contributed by atoms with Crippen LogP contribution in [0.1, 0.15) is 20.8 Å². The normalized spacial score (nSPS) is 13.2. The zero-order chi connectivity index (χ0) is 14.3. The monoisotopic (exact) mass is 279 g/mol. The van der Waals surface area contributed by atoms with Crippen molar-refractivity contribution in [2.75, 3.05) is 25.2 Å². The Labute approximate surface area is 108 Å². The Kier molecular flexibility index (Phi) is 6.90. The van der Waals surface area contributed by atoms with Gasteiger partial charge in [-0.2, -0.15) is 0 Å². The summed E-state index contributed by atoms with van der Waals surface area (Å²) in [6.07, 6.45) is 0. The number of carbonyl (C=O) groups is 2. The van der Waals surface area contributed by atoms with Crippen molar-refractivity contribution < 1.29 is 22.7 Å². The smallest absolute Gasteiger partial charge is 0.309 e. The summed E-state index contributed by atoms with van der Waals surface area (Å²) >= 11 is 0. The second kappa shape index (κ2) is 7.35. The topological polar surface area (TPSA) is 89.5 Å². The van der Waals surface area contributed by atoms with Gasteiger partial charge in [-0.1, -0.05) is 20.8 Å². The molecule has 0 bridgehead atoms. The van der Waals surface area contributed by atoms with Crippen LogP contribution in [-0.4, -0.2) is 45.5 Å². The Hall–Kier alpha value is -1.11. The first-order chi connectivity index (χ1) is 8.18. The lowest BCUT2D eigenvalue weighted by Crippen LogP contribution is -2.35. The Morgan fingerprint density at radius 2 is 1.78 bits per heavy atom. The van der Waals surface area contributed by atoms with E-state index in [4.69, 9.17) is 0 Å². The highest BCUT2D eigenvalue weighted by Gasteiger charge is 2.24. The molecule has 1 amide bonds. The molecule has 0 aliphatic carbocycles. The fourth-order valence-corrected chi connectivity index (χ4v) is 2.80. The van der Waals surface area contributed by atoms with Gasteiger partial charge in [0.25, 0.3) is 0 Å². The molecule has 0 fully saturated rings. The number of sulfone groups is 1. The molecule has 0 spiro atoms. The van der Waals surface area contributed by atoms with E-state index in [9.17, 15) is 18.0 Å². The molecule has 1 unspecified atom stereocenters. The van der Waals surface area contributed by atoms with Gasteiger partial charge >= 0.3 is 5.97 Å². The van der Waals surface area contributed by atoms with E-state index in [0.29, 0.717) is 6.54 Å². The average molecular weight is 279 g/mol. The molecule has 1 atom stereocenters. The van der Waals surface area contributed by atoms with Gasteiger partial charge in [0.15, 0.2) is 9.84 Å². The van der Waals surface area contributed by atoms with Crippen LogP contribution in [0.5, 0.6) is 0 Å². The summed E-state index contributed by atoms with van der Waals surface area (Å²) in [7, 11) is -2.40. The second-order valence-electron chi connectivity index (χ2n) is 4.68. The number of hydrogen-bond acceptors (Lipinski definition) is 5. The Balaban J connectivity index is 4.31. The highest BCUT2D eigenvalue weighted by Crippen LogP contribution is 2.04. The highest BCUT2D eigenvalue weighted by atomic mass is 32.2. The summed E-state index contributed by atoms with van der Waals surface area (Å²) in [6, 6.07) is 0. The van der Waals surface area contributed by atoms with Crippen LogP contribution in [0.3, 0.4) is 0 Å². The summed E-state index contributed by atoms with van der Waals surface area (Å²) < 4.78 is 27.7. The molecule has 106 valence electrons. The molecule has 6 nitrogen and oxygen atoms in total. The van der Waals surface area contributed by atoms with Gasteiger partial charge in [-0.05, 0) is 5.92 Å². The minimum atomic E-state index is -3.60. The summed E-state index contributed by atoms with van der Waals surface area (Å²) in [5, 5.41) is 2.52. The molecule has 0 saturated heterocycles. The maximum absolute atomic E-state index is 11.6. The number of hydrogen-bond donors (Lipinski definition) is 1. The van der Waals surface area contributed by atoms with Crippen LogP contribution in [0, 0.1) is 11.8 Å². The van der Waals surface area contributed by atoms with Crippen molar-refractivity contribution in [3.63, 3.8) is 0 Å². The third-order valence-corrected chi connectivity index (χ3v) is 3.88. The molecule has 0 heterocycles. The standard InChI is InChI=1S/C11H21NO5S/c1-8(2)5-12-10(13)7-18(15,16)6-9(3)11(14)17-4/h8-9H,5-7H2,1-4H3,(H,12,13). The number of amides is 1. The zero-order valence-electron chi connectivity index (χ0n) is 11.2. The fraction of sp³-hybridized carbons (Fsp3) is 0.818. The number of ether oxygens (including phenoxy) is 1. The summed E-state index contributed by atoms with van der Waals surface area (Å²) in [4.78, 5) is 22.5. The molecule has 0 aromatic heterocycles. The van der Waals surface area contributed by atoms with Crippen LogP contribution < -0.4 is 5.32 Å². The Bertz CT molecular complexity index is 388. The summed E-state index contributed by atoms with van der Waals surface area (Å²) in [5.41, 5.74) is 0. The fourth-order valence-electron chi connectivity index (χ4n) is 1.28. The lowest BCUT2D eigenvalue weighted by molar-refractivity contribution is -0.144. The summed E-state index contributed by atoms with van der Waals surface area (Å²) in [5.74, 6) is -2.62. The third-order valence-electron chi connectivity index (χ3n) is 2.17. The van der Waals surface area contributed by atoms with Gasteiger partial charge in [-0.3, -0.25) is 9.59 Å². The van der Waals surface area contributed by atoms with Crippen molar-refractivity contribution in [3.05, 3.63) is 0 Å². The molecule has 0 aromatic carbocycles. The molecular formula is C11H21NO5S. The van der Waals surface area contributed by atoms with E-state index < -0.39 is 33.4 Å². The number of carbonyl (C=O) groups excluding carboxylic acids is 2. The van der Waals surface area contributed by atoms with Crippen LogP contribution in [0.25, 0.3) is 0 Å². The third kappa shape index (κ3) is 7.26. The predicted molar refractivity (Wildman–Crippen MR) is 67.7 cm³/mol. The van der Waals surface area contributed by atoms with Crippen LogP contribution in [-0.2, 0) is 24.2 Å². The van der Waals surface area contributed by atoms with E-state index in [0.717, 1.165) is 0 Å². The predicted octanol–water partition coefficient (Wildman–Crippen LogP) is -0.0175. The van der Waals surface area contributed by atoms with Crippen LogP contribution >= 0.6 is 0 Å². The van der Waals surface area contributed by atoms with E-state index in [1.807, 2.05) is 13.8 Å². The van der Waals surface area contributed by atoms with Gasteiger partial charge in [0.05, 0.1) is 18.8 Å². The largest absolute Gasteiger partial charge is 0.469 e. The first-order valence-electron chi connectivity index (χ1n) is 5.73. The van der Waals surface area contributed by atoms with Gasteiger partial charge < -0.3 is 10.1 Å². The van der Waals surface area contributed by atoms with Crippen molar-refractivity contribution in [3.8, 4) is 0 Å². The number of esters is 1. The van der Waals surface area contributed by atoms with E-state index in [1.54, 1.807) is 0 Å². The summed E-state index contributed by atoms with van der Waals surface area (Å²) in [6.45, 7) is 5.71. The van der Waals surface area contributed by atoms with Crippen molar-refractivity contribution in [2.24, 2.45) is 11.8 Å². The molecule has 0 rings (SSSR count). The first-order valence-corrected chi connectivity index (χ1v) is 7.55. The first kappa shape index (κ1) is 16.9.